The predicted octanol–water partition coefficient (Wildman–Crippen LogP) is 15.5. The van der Waals surface area contributed by atoms with Crippen molar-refractivity contribution in [2.75, 3.05) is 0 Å². The van der Waals surface area contributed by atoms with Gasteiger partial charge in [-0.3, -0.25) is 0 Å². The SMILES string of the molecule is c1ccc(-c2nc(-c3ccc4sc5ccccc5c4c3)nc(-c3ccc(-c4cccc5oc6ccc(-c7cccc8oc9ccccc9c78)cc6c45)c4ccccc34)n2)cc1. The average Bonchev–Trinajstić information content (AvgIpc) is 4.02. The molecule has 0 aliphatic heterocycles. The first-order valence-electron chi connectivity index (χ1n) is 20.3. The van der Waals surface area contributed by atoms with Crippen molar-refractivity contribution in [1.82, 2.24) is 15.0 Å². The van der Waals surface area contributed by atoms with Crippen LogP contribution in [0.4, 0.5) is 0 Å². The Hall–Kier alpha value is -7.93. The number of thiophene rings is 1. The number of para-hydroxylation sites is 1. The Kier molecular flexibility index (Phi) is 7.41. The number of rotatable bonds is 5. The summed E-state index contributed by atoms with van der Waals surface area (Å²) in [6.45, 7) is 0. The first kappa shape index (κ1) is 34.0. The largest absolute Gasteiger partial charge is 0.456 e. The highest BCUT2D eigenvalue weighted by atomic mass is 32.1. The van der Waals surface area contributed by atoms with Gasteiger partial charge in [-0.05, 0) is 93.7 Å². The molecule has 0 atom stereocenters. The van der Waals surface area contributed by atoms with E-state index >= 15 is 0 Å². The van der Waals surface area contributed by atoms with Crippen LogP contribution < -0.4 is 0 Å². The maximum absolute atomic E-state index is 6.56. The third-order valence-electron chi connectivity index (χ3n) is 12.0. The van der Waals surface area contributed by atoms with Crippen LogP contribution in [0.1, 0.15) is 0 Å². The lowest BCUT2D eigenvalue weighted by Crippen LogP contribution is -2.00. The molecule has 0 N–H and O–H groups in total. The van der Waals surface area contributed by atoms with Crippen LogP contribution in [-0.2, 0) is 0 Å². The van der Waals surface area contributed by atoms with E-state index in [4.69, 9.17) is 23.8 Å². The Morgan fingerprint density at radius 2 is 0.852 bits per heavy atom. The summed E-state index contributed by atoms with van der Waals surface area (Å²) in [6.07, 6.45) is 0. The Morgan fingerprint density at radius 3 is 1.67 bits per heavy atom. The van der Waals surface area contributed by atoms with Gasteiger partial charge in [0, 0.05) is 58.4 Å². The van der Waals surface area contributed by atoms with E-state index in [9.17, 15) is 0 Å². The zero-order chi connectivity index (χ0) is 40.0. The van der Waals surface area contributed by atoms with Crippen LogP contribution in [0.25, 0.3) is 131 Å². The van der Waals surface area contributed by atoms with Gasteiger partial charge >= 0.3 is 0 Å². The van der Waals surface area contributed by atoms with E-state index in [1.165, 1.54) is 20.2 Å². The molecule has 0 saturated carbocycles. The monoisotopic (exact) mass is 797 g/mol. The van der Waals surface area contributed by atoms with Crippen molar-refractivity contribution in [3.63, 3.8) is 0 Å². The molecule has 0 spiro atoms. The Labute approximate surface area is 352 Å². The fourth-order valence-corrected chi connectivity index (χ4v) is 10.3. The molecule has 284 valence electrons. The smallest absolute Gasteiger partial charge is 0.164 e. The third kappa shape index (κ3) is 5.36. The van der Waals surface area contributed by atoms with E-state index in [2.05, 4.69) is 152 Å². The van der Waals surface area contributed by atoms with Crippen LogP contribution in [0.15, 0.2) is 197 Å². The van der Waals surface area contributed by atoms with E-state index in [1.54, 1.807) is 11.3 Å². The summed E-state index contributed by atoms with van der Waals surface area (Å²) in [5, 5.41) is 8.96. The minimum absolute atomic E-state index is 0.624. The average molecular weight is 798 g/mol. The molecule has 6 heteroatoms. The van der Waals surface area contributed by atoms with Crippen LogP contribution in [-0.4, -0.2) is 15.0 Å². The van der Waals surface area contributed by atoms with Crippen LogP contribution in [0.2, 0.25) is 0 Å². The van der Waals surface area contributed by atoms with E-state index in [0.717, 1.165) is 93.6 Å². The quantitative estimate of drug-likeness (QED) is 0.174. The molecule has 0 saturated heterocycles. The van der Waals surface area contributed by atoms with E-state index in [0.29, 0.717) is 17.5 Å². The second-order valence-electron chi connectivity index (χ2n) is 15.5. The van der Waals surface area contributed by atoms with Gasteiger partial charge in [-0.2, -0.15) is 0 Å². The van der Waals surface area contributed by atoms with Gasteiger partial charge in [0.05, 0.1) is 0 Å². The maximum Gasteiger partial charge on any atom is 0.164 e. The van der Waals surface area contributed by atoms with Crippen molar-refractivity contribution in [3.05, 3.63) is 188 Å². The summed E-state index contributed by atoms with van der Waals surface area (Å²) < 4.78 is 15.3. The van der Waals surface area contributed by atoms with Crippen molar-refractivity contribution in [1.29, 1.82) is 0 Å². The van der Waals surface area contributed by atoms with Crippen molar-refractivity contribution < 1.29 is 8.83 Å². The molecule has 0 aliphatic carbocycles. The lowest BCUT2D eigenvalue weighted by molar-refractivity contribution is 0.669. The topological polar surface area (TPSA) is 65.0 Å². The van der Waals surface area contributed by atoms with Crippen LogP contribution in [0.3, 0.4) is 0 Å². The number of hydrogen-bond acceptors (Lipinski definition) is 6. The van der Waals surface area contributed by atoms with Crippen LogP contribution in [0.5, 0.6) is 0 Å². The molecule has 0 radical (unpaired) electrons. The Bertz CT molecular complexity index is 3900. The second kappa shape index (κ2) is 13.3. The molecule has 0 aliphatic rings. The lowest BCUT2D eigenvalue weighted by Gasteiger charge is -2.14. The Balaban J connectivity index is 0.993. The summed E-state index contributed by atoms with van der Waals surface area (Å²) in [7, 11) is 0. The highest BCUT2D eigenvalue weighted by Crippen LogP contribution is 2.44. The standard InChI is InChI=1S/C55H31N3O2S/c1-2-12-32(13-3-1)53-56-54(34-25-29-50-43(31-34)39-16-7-9-23-49(39)61-50)58-55(57-53)41-27-26-38(36-14-4-5-15-37(36)41)40-19-11-22-48-52(40)44-30-33(24-28-46(44)60-48)35-18-10-21-47-51(35)42-17-6-8-20-45(42)59-47/h1-31H. The van der Waals surface area contributed by atoms with E-state index in [1.807, 2.05) is 36.4 Å². The molecular weight excluding hydrogens is 767 g/mol. The summed E-state index contributed by atoms with van der Waals surface area (Å²) in [6, 6.07) is 65.6. The summed E-state index contributed by atoms with van der Waals surface area (Å²) in [5.41, 5.74) is 10.7. The number of furan rings is 2. The van der Waals surface area contributed by atoms with E-state index in [-0.39, 0.29) is 0 Å². The van der Waals surface area contributed by atoms with Gasteiger partial charge in [-0.25, -0.2) is 15.0 Å². The molecule has 5 nitrogen and oxygen atoms in total. The van der Waals surface area contributed by atoms with Crippen molar-refractivity contribution in [2.45, 2.75) is 0 Å². The van der Waals surface area contributed by atoms with Gasteiger partial charge in [-0.1, -0.05) is 127 Å². The van der Waals surface area contributed by atoms with Crippen LogP contribution in [0, 0.1) is 0 Å². The highest BCUT2D eigenvalue weighted by molar-refractivity contribution is 7.25. The molecular formula is C55H31N3O2S. The molecule has 13 rings (SSSR count). The highest BCUT2D eigenvalue weighted by Gasteiger charge is 2.20. The molecule has 0 unspecified atom stereocenters. The fraction of sp³-hybridized carbons (Fsp3) is 0. The molecule has 13 aromatic rings. The Morgan fingerprint density at radius 1 is 0.295 bits per heavy atom. The summed E-state index contributed by atoms with van der Waals surface area (Å²) >= 11 is 1.81. The zero-order valence-electron chi connectivity index (χ0n) is 32.5. The molecule has 0 amide bonds. The molecule has 0 bridgehead atoms. The number of benzene rings is 9. The summed E-state index contributed by atoms with van der Waals surface area (Å²) in [5.74, 6) is 1.90. The number of fused-ring (bicyclic) bond motifs is 10. The molecule has 61 heavy (non-hydrogen) atoms. The van der Waals surface area contributed by atoms with Crippen molar-refractivity contribution in [3.8, 4) is 56.4 Å². The minimum Gasteiger partial charge on any atom is -0.456 e. The molecule has 4 aromatic heterocycles. The zero-order valence-corrected chi connectivity index (χ0v) is 33.3. The third-order valence-corrected chi connectivity index (χ3v) is 13.1. The first-order valence-corrected chi connectivity index (χ1v) is 21.2. The lowest BCUT2D eigenvalue weighted by atomic mass is 9.91. The van der Waals surface area contributed by atoms with Gasteiger partial charge in [0.1, 0.15) is 22.3 Å². The van der Waals surface area contributed by atoms with Gasteiger partial charge in [0.25, 0.3) is 0 Å². The van der Waals surface area contributed by atoms with Gasteiger partial charge in [-0.15, -0.1) is 11.3 Å². The number of hydrogen-bond donors (Lipinski definition) is 0. The normalized spacial score (nSPS) is 11.9. The maximum atomic E-state index is 6.56. The minimum atomic E-state index is 0.624. The van der Waals surface area contributed by atoms with E-state index < -0.39 is 0 Å². The van der Waals surface area contributed by atoms with Gasteiger partial charge in [0.2, 0.25) is 0 Å². The number of aromatic nitrogens is 3. The van der Waals surface area contributed by atoms with Gasteiger partial charge < -0.3 is 8.83 Å². The molecule has 9 aromatic carbocycles. The van der Waals surface area contributed by atoms with Crippen molar-refractivity contribution in [2.24, 2.45) is 0 Å². The number of nitrogens with zero attached hydrogens (tertiary/aromatic N) is 3. The molecule has 0 fully saturated rings. The first-order chi connectivity index (χ1) is 30.2. The van der Waals surface area contributed by atoms with Crippen molar-refractivity contribution >= 4 is 86.2 Å². The van der Waals surface area contributed by atoms with Gasteiger partial charge in [0.15, 0.2) is 17.5 Å². The molecule has 4 heterocycles. The van der Waals surface area contributed by atoms with Crippen LogP contribution >= 0.6 is 11.3 Å². The fourth-order valence-electron chi connectivity index (χ4n) is 9.17. The second-order valence-corrected chi connectivity index (χ2v) is 16.5. The predicted molar refractivity (Wildman–Crippen MR) is 252 cm³/mol. The summed E-state index contributed by atoms with van der Waals surface area (Å²) in [4.78, 5) is 15.5.